The Balaban J connectivity index is 2.16. The fraction of sp³-hybridized carbons (Fsp3) is 0.308. The summed E-state index contributed by atoms with van der Waals surface area (Å²) in [5.74, 6) is -0.660. The summed E-state index contributed by atoms with van der Waals surface area (Å²) in [6.07, 6.45) is 4.23. The normalized spacial score (nSPS) is 10.5. The van der Waals surface area contributed by atoms with E-state index in [4.69, 9.17) is 4.74 Å². The molecule has 2 rings (SSSR count). The summed E-state index contributed by atoms with van der Waals surface area (Å²) in [6, 6.07) is 3.14. The molecule has 0 aliphatic heterocycles. The Bertz CT molecular complexity index is 613. The lowest BCUT2D eigenvalue weighted by Crippen LogP contribution is -2.06. The van der Waals surface area contributed by atoms with Gasteiger partial charge in [-0.1, -0.05) is 6.92 Å². The molecule has 0 atom stereocenters. The van der Waals surface area contributed by atoms with E-state index in [0.717, 1.165) is 36.9 Å². The number of nitro benzene ring substituents is 1. The minimum atomic E-state index is -0.599. The summed E-state index contributed by atoms with van der Waals surface area (Å²) in [4.78, 5) is 14.3. The highest BCUT2D eigenvalue weighted by molar-refractivity contribution is 5.46. The van der Waals surface area contributed by atoms with Crippen LogP contribution < -0.4 is 4.74 Å². The largest absolute Gasteiger partial charge is 0.480 e. The summed E-state index contributed by atoms with van der Waals surface area (Å²) < 4.78 is 20.4. The number of benzene rings is 1. The molecule has 0 spiro atoms. The first-order valence-electron chi connectivity index (χ1n) is 6.17. The van der Waals surface area contributed by atoms with E-state index >= 15 is 0 Å². The number of aromatic nitrogens is 2. The Morgan fingerprint density at radius 3 is 3.00 bits per heavy atom. The molecule has 106 valence electrons. The molecule has 0 aliphatic rings. The number of ether oxygens (including phenoxy) is 1. The molecule has 1 heterocycles. The van der Waals surface area contributed by atoms with Crippen molar-refractivity contribution in [2.75, 3.05) is 0 Å². The zero-order valence-electron chi connectivity index (χ0n) is 11.0. The monoisotopic (exact) mass is 279 g/mol. The Morgan fingerprint density at radius 1 is 1.50 bits per heavy atom. The van der Waals surface area contributed by atoms with Crippen molar-refractivity contribution in [3.63, 3.8) is 0 Å². The van der Waals surface area contributed by atoms with Crippen LogP contribution in [0.4, 0.5) is 10.1 Å². The van der Waals surface area contributed by atoms with Gasteiger partial charge in [0, 0.05) is 18.7 Å². The number of imidazole rings is 1. The molecule has 6 nitrogen and oxygen atoms in total. The van der Waals surface area contributed by atoms with E-state index in [1.807, 2.05) is 11.5 Å². The SMILES string of the molecule is CCCn1cncc1COc1cc(F)ccc1[N+](=O)[O-]. The maximum Gasteiger partial charge on any atom is 0.311 e. The van der Waals surface area contributed by atoms with Crippen LogP contribution in [0.25, 0.3) is 0 Å². The molecule has 20 heavy (non-hydrogen) atoms. The van der Waals surface area contributed by atoms with Gasteiger partial charge in [-0.05, 0) is 12.5 Å². The Hall–Kier alpha value is -2.44. The quantitative estimate of drug-likeness (QED) is 0.602. The molecule has 0 N–H and O–H groups in total. The van der Waals surface area contributed by atoms with E-state index < -0.39 is 10.7 Å². The lowest BCUT2D eigenvalue weighted by Gasteiger charge is -2.09. The Morgan fingerprint density at radius 2 is 2.30 bits per heavy atom. The summed E-state index contributed by atoms with van der Waals surface area (Å²) in [5.41, 5.74) is 0.526. The molecular weight excluding hydrogens is 265 g/mol. The average molecular weight is 279 g/mol. The van der Waals surface area contributed by atoms with Gasteiger partial charge < -0.3 is 9.30 Å². The van der Waals surface area contributed by atoms with Gasteiger partial charge in [0.05, 0.1) is 23.1 Å². The highest BCUT2D eigenvalue weighted by Crippen LogP contribution is 2.28. The van der Waals surface area contributed by atoms with Crippen LogP contribution in [0.15, 0.2) is 30.7 Å². The number of nitrogens with zero attached hydrogens (tertiary/aromatic N) is 3. The van der Waals surface area contributed by atoms with Crippen molar-refractivity contribution in [1.29, 1.82) is 0 Å². The zero-order chi connectivity index (χ0) is 14.5. The number of nitro groups is 1. The maximum absolute atomic E-state index is 13.2. The van der Waals surface area contributed by atoms with Crippen LogP contribution in [-0.2, 0) is 13.2 Å². The Labute approximate surface area is 115 Å². The van der Waals surface area contributed by atoms with Crippen molar-refractivity contribution in [2.45, 2.75) is 26.5 Å². The summed E-state index contributed by atoms with van der Waals surface area (Å²) >= 11 is 0. The molecule has 0 unspecified atom stereocenters. The summed E-state index contributed by atoms with van der Waals surface area (Å²) in [7, 11) is 0. The van der Waals surface area contributed by atoms with Gasteiger partial charge in [-0.3, -0.25) is 10.1 Å². The highest BCUT2D eigenvalue weighted by Gasteiger charge is 2.16. The fourth-order valence-electron chi connectivity index (χ4n) is 1.82. The van der Waals surface area contributed by atoms with Crippen molar-refractivity contribution >= 4 is 5.69 Å². The van der Waals surface area contributed by atoms with Crippen LogP contribution in [-0.4, -0.2) is 14.5 Å². The highest BCUT2D eigenvalue weighted by atomic mass is 19.1. The van der Waals surface area contributed by atoms with Gasteiger partial charge >= 0.3 is 5.69 Å². The maximum atomic E-state index is 13.2. The van der Waals surface area contributed by atoms with Crippen molar-refractivity contribution in [3.8, 4) is 5.75 Å². The standard InChI is InChI=1S/C13H14FN3O3/c1-2-5-16-9-15-7-11(16)8-20-13-6-10(14)3-4-12(13)17(18)19/h3-4,6-7,9H,2,5,8H2,1H3. The van der Waals surface area contributed by atoms with Crippen LogP contribution in [0.2, 0.25) is 0 Å². The molecule has 7 heteroatoms. The predicted molar refractivity (Wildman–Crippen MR) is 69.9 cm³/mol. The second kappa shape index (κ2) is 6.14. The van der Waals surface area contributed by atoms with E-state index in [9.17, 15) is 14.5 Å². The molecule has 2 aromatic rings. The fourth-order valence-corrected chi connectivity index (χ4v) is 1.82. The lowest BCUT2D eigenvalue weighted by molar-refractivity contribution is -0.386. The smallest absolute Gasteiger partial charge is 0.311 e. The molecular formula is C13H14FN3O3. The van der Waals surface area contributed by atoms with Gasteiger partial charge in [-0.15, -0.1) is 0 Å². The summed E-state index contributed by atoms with van der Waals surface area (Å²) in [5, 5.41) is 10.8. The third-order valence-corrected chi connectivity index (χ3v) is 2.76. The molecule has 1 aromatic carbocycles. The number of halogens is 1. The Kier molecular flexibility index (Phi) is 4.29. The van der Waals surface area contributed by atoms with Gasteiger partial charge in [0.2, 0.25) is 0 Å². The van der Waals surface area contributed by atoms with Gasteiger partial charge in [0.25, 0.3) is 0 Å². The molecule has 0 bridgehead atoms. The number of hydrogen-bond acceptors (Lipinski definition) is 4. The van der Waals surface area contributed by atoms with E-state index in [0.29, 0.717) is 0 Å². The van der Waals surface area contributed by atoms with Crippen molar-refractivity contribution in [3.05, 3.63) is 52.3 Å². The minimum absolute atomic E-state index is 0.0840. The molecule has 0 aliphatic carbocycles. The van der Waals surface area contributed by atoms with E-state index in [1.54, 1.807) is 12.5 Å². The van der Waals surface area contributed by atoms with Crippen molar-refractivity contribution in [2.24, 2.45) is 0 Å². The average Bonchev–Trinajstić information content (AvgIpc) is 2.84. The topological polar surface area (TPSA) is 70.2 Å². The van der Waals surface area contributed by atoms with Gasteiger partial charge in [0.1, 0.15) is 12.4 Å². The molecule has 0 fully saturated rings. The van der Waals surface area contributed by atoms with Crippen LogP contribution in [0.3, 0.4) is 0 Å². The first-order valence-corrected chi connectivity index (χ1v) is 6.17. The van der Waals surface area contributed by atoms with Crippen LogP contribution in [0.5, 0.6) is 5.75 Å². The van der Waals surface area contributed by atoms with E-state index in [-0.39, 0.29) is 18.0 Å². The lowest BCUT2D eigenvalue weighted by atomic mass is 10.3. The van der Waals surface area contributed by atoms with Gasteiger partial charge in [-0.25, -0.2) is 9.37 Å². The van der Waals surface area contributed by atoms with Crippen LogP contribution in [0.1, 0.15) is 19.0 Å². The third kappa shape index (κ3) is 3.11. The molecule has 0 radical (unpaired) electrons. The number of rotatable bonds is 6. The van der Waals surface area contributed by atoms with E-state index in [1.165, 1.54) is 0 Å². The zero-order valence-corrected chi connectivity index (χ0v) is 11.0. The third-order valence-electron chi connectivity index (χ3n) is 2.76. The molecule has 0 saturated carbocycles. The van der Waals surface area contributed by atoms with Crippen LogP contribution >= 0.6 is 0 Å². The van der Waals surface area contributed by atoms with Crippen molar-refractivity contribution in [1.82, 2.24) is 9.55 Å². The van der Waals surface area contributed by atoms with Gasteiger partial charge in [-0.2, -0.15) is 0 Å². The molecule has 0 amide bonds. The molecule has 1 aromatic heterocycles. The number of aryl methyl sites for hydroxylation is 1. The minimum Gasteiger partial charge on any atom is -0.480 e. The summed E-state index contributed by atoms with van der Waals surface area (Å²) in [6.45, 7) is 2.91. The van der Waals surface area contributed by atoms with Crippen molar-refractivity contribution < 1.29 is 14.1 Å². The second-order valence-electron chi connectivity index (χ2n) is 4.24. The van der Waals surface area contributed by atoms with E-state index in [2.05, 4.69) is 4.98 Å². The first kappa shape index (κ1) is 14.0. The number of hydrogen-bond donors (Lipinski definition) is 0. The predicted octanol–water partition coefficient (Wildman–Crippen LogP) is 2.92. The first-order chi connectivity index (χ1) is 9.61. The molecule has 0 saturated heterocycles. The van der Waals surface area contributed by atoms with Gasteiger partial charge in [0.15, 0.2) is 5.75 Å². The van der Waals surface area contributed by atoms with Crippen LogP contribution in [0, 0.1) is 15.9 Å². The second-order valence-corrected chi connectivity index (χ2v) is 4.24.